The highest BCUT2D eigenvalue weighted by molar-refractivity contribution is 5.97. The van der Waals surface area contributed by atoms with Crippen LogP contribution in [0.4, 0.5) is 10.1 Å². The summed E-state index contributed by atoms with van der Waals surface area (Å²) in [6.45, 7) is 0.788. The number of aromatic nitrogens is 2. The molecule has 6 heteroatoms. The molecule has 0 amide bonds. The van der Waals surface area contributed by atoms with Gasteiger partial charge in [0.25, 0.3) is 5.56 Å². The van der Waals surface area contributed by atoms with Crippen molar-refractivity contribution in [2.75, 3.05) is 12.4 Å². The van der Waals surface area contributed by atoms with E-state index in [0.29, 0.717) is 16.5 Å². The summed E-state index contributed by atoms with van der Waals surface area (Å²) < 4.78 is 14.3. The maximum Gasteiger partial charge on any atom is 0.272 e. The molecule has 3 aromatic carbocycles. The molecular weight excluding hydrogens is 379 g/mol. The van der Waals surface area contributed by atoms with Crippen LogP contribution in [0.25, 0.3) is 10.8 Å². The molecule has 0 unspecified atom stereocenters. The van der Waals surface area contributed by atoms with Crippen molar-refractivity contribution in [1.29, 1.82) is 0 Å². The minimum Gasteiger partial charge on any atom is -0.377 e. The van der Waals surface area contributed by atoms with E-state index >= 15 is 0 Å². The van der Waals surface area contributed by atoms with E-state index in [4.69, 9.17) is 0 Å². The largest absolute Gasteiger partial charge is 0.377 e. The van der Waals surface area contributed by atoms with Gasteiger partial charge in [-0.1, -0.05) is 54.6 Å². The Balaban J connectivity index is 1.73. The maximum atomic E-state index is 14.3. The van der Waals surface area contributed by atoms with Crippen LogP contribution in [0.3, 0.4) is 0 Å². The minimum absolute atomic E-state index is 0.140. The molecule has 2 atom stereocenters. The van der Waals surface area contributed by atoms with Crippen LogP contribution < -0.4 is 16.2 Å². The summed E-state index contributed by atoms with van der Waals surface area (Å²) in [4.78, 5) is 12.4. The fraction of sp³-hybridized carbons (Fsp3) is 0.167. The Bertz CT molecular complexity index is 1270. The van der Waals surface area contributed by atoms with Crippen molar-refractivity contribution >= 4 is 16.5 Å². The molecule has 0 aliphatic carbocycles. The molecule has 30 heavy (non-hydrogen) atoms. The van der Waals surface area contributed by atoms with Crippen LogP contribution in [0, 0.1) is 5.82 Å². The fourth-order valence-corrected chi connectivity index (χ4v) is 4.37. The van der Waals surface area contributed by atoms with Crippen LogP contribution in [0.5, 0.6) is 0 Å². The Morgan fingerprint density at radius 3 is 2.53 bits per heavy atom. The zero-order valence-corrected chi connectivity index (χ0v) is 16.4. The van der Waals surface area contributed by atoms with Crippen molar-refractivity contribution in [3.8, 4) is 0 Å². The third kappa shape index (κ3) is 3.06. The number of halogens is 1. The minimum atomic E-state index is -0.450. The Morgan fingerprint density at radius 1 is 1.03 bits per heavy atom. The molecule has 4 aromatic rings. The second kappa shape index (κ2) is 7.39. The third-order valence-electron chi connectivity index (χ3n) is 5.70. The van der Waals surface area contributed by atoms with Crippen LogP contribution in [0.1, 0.15) is 34.3 Å². The van der Waals surface area contributed by atoms with Gasteiger partial charge < -0.3 is 10.6 Å². The predicted molar refractivity (Wildman–Crippen MR) is 116 cm³/mol. The number of anilines is 1. The van der Waals surface area contributed by atoms with Crippen molar-refractivity contribution in [1.82, 2.24) is 15.5 Å². The van der Waals surface area contributed by atoms with Gasteiger partial charge in [-0.15, -0.1) is 0 Å². The molecule has 0 saturated heterocycles. The molecule has 0 radical (unpaired) electrons. The average molecular weight is 400 g/mol. The maximum absolute atomic E-state index is 14.3. The number of aromatic amines is 1. The van der Waals surface area contributed by atoms with Gasteiger partial charge >= 0.3 is 0 Å². The summed E-state index contributed by atoms with van der Waals surface area (Å²) in [5.74, 6) is -0.590. The number of hydrogen-bond acceptors (Lipinski definition) is 4. The van der Waals surface area contributed by atoms with Gasteiger partial charge in [-0.25, -0.2) is 9.49 Å². The van der Waals surface area contributed by atoms with Crippen LogP contribution >= 0.6 is 0 Å². The first kappa shape index (κ1) is 18.5. The number of nitrogens with zero attached hydrogens (tertiary/aromatic N) is 1. The number of rotatable bonds is 4. The van der Waals surface area contributed by atoms with Crippen LogP contribution in [0.2, 0.25) is 0 Å². The predicted octanol–water partition coefficient (Wildman–Crippen LogP) is 4.08. The Kier molecular flexibility index (Phi) is 4.56. The third-order valence-corrected chi connectivity index (χ3v) is 5.70. The number of nitrogens with one attached hydrogen (secondary N) is 3. The van der Waals surface area contributed by atoms with Crippen LogP contribution in [-0.2, 0) is 6.54 Å². The molecular formula is C24H21FN4O. The van der Waals surface area contributed by atoms with Gasteiger partial charge in [0.1, 0.15) is 5.82 Å². The fourth-order valence-electron chi connectivity index (χ4n) is 4.37. The van der Waals surface area contributed by atoms with Crippen LogP contribution in [-0.4, -0.2) is 17.2 Å². The lowest BCUT2D eigenvalue weighted by atomic mass is 9.80. The standard InChI is InChI=1S/C24H21FN4O/c1-26-13-14-7-9-16(10-8-14)22-20(15-5-3-2-4-6-15)23-21-18(24(30)29-28-23)11-17(25)12-19(21)27-22/h2-12,20,22,26-27H,13H2,1H3,(H,29,30)/t20-,22-/m1/s1. The lowest BCUT2D eigenvalue weighted by Gasteiger charge is -2.34. The molecule has 1 aliphatic rings. The van der Waals surface area contributed by atoms with E-state index in [1.807, 2.05) is 25.2 Å². The van der Waals surface area contributed by atoms with E-state index in [-0.39, 0.29) is 12.0 Å². The van der Waals surface area contributed by atoms with Gasteiger partial charge in [0.2, 0.25) is 0 Å². The summed E-state index contributed by atoms with van der Waals surface area (Å²) in [7, 11) is 1.92. The molecule has 0 bridgehead atoms. The summed E-state index contributed by atoms with van der Waals surface area (Å²) >= 11 is 0. The highest BCUT2D eigenvalue weighted by atomic mass is 19.1. The molecule has 1 aliphatic heterocycles. The molecule has 0 fully saturated rings. The van der Waals surface area contributed by atoms with Gasteiger partial charge in [-0.05, 0) is 35.9 Å². The number of H-pyrrole nitrogens is 1. The van der Waals surface area contributed by atoms with Crippen LogP contribution in [0.15, 0.2) is 71.5 Å². The van der Waals surface area contributed by atoms with Crippen molar-refractivity contribution in [2.45, 2.75) is 18.5 Å². The number of hydrogen-bond donors (Lipinski definition) is 3. The molecule has 150 valence electrons. The zero-order valence-electron chi connectivity index (χ0n) is 16.4. The first-order valence-electron chi connectivity index (χ1n) is 9.92. The van der Waals surface area contributed by atoms with Gasteiger partial charge in [-0.2, -0.15) is 5.10 Å². The molecule has 1 aromatic heterocycles. The Labute approximate surface area is 173 Å². The summed E-state index contributed by atoms with van der Waals surface area (Å²) in [6.07, 6.45) is 0. The van der Waals surface area contributed by atoms with Crippen molar-refractivity contribution in [2.24, 2.45) is 0 Å². The quantitative estimate of drug-likeness (QED) is 0.483. The van der Waals surface area contributed by atoms with E-state index in [9.17, 15) is 9.18 Å². The highest BCUT2D eigenvalue weighted by Gasteiger charge is 2.35. The van der Waals surface area contributed by atoms with Gasteiger partial charge in [0.05, 0.1) is 23.0 Å². The number of benzene rings is 3. The molecule has 2 heterocycles. The first-order chi connectivity index (χ1) is 14.7. The van der Waals surface area contributed by atoms with E-state index in [1.165, 1.54) is 17.7 Å². The molecule has 5 nitrogen and oxygen atoms in total. The van der Waals surface area contributed by atoms with Gasteiger partial charge in [0, 0.05) is 17.6 Å². The summed E-state index contributed by atoms with van der Waals surface area (Å²) in [5, 5.41) is 14.6. The molecule has 0 spiro atoms. The van der Waals surface area contributed by atoms with E-state index < -0.39 is 11.4 Å². The zero-order chi connectivity index (χ0) is 20.7. The molecule has 5 rings (SSSR count). The Morgan fingerprint density at radius 2 is 1.80 bits per heavy atom. The monoisotopic (exact) mass is 400 g/mol. The van der Waals surface area contributed by atoms with E-state index in [0.717, 1.165) is 23.4 Å². The summed E-state index contributed by atoms with van der Waals surface area (Å²) in [5.41, 5.74) is 4.27. The van der Waals surface area contributed by atoms with E-state index in [2.05, 4.69) is 57.2 Å². The lowest BCUT2D eigenvalue weighted by Crippen LogP contribution is -2.28. The van der Waals surface area contributed by atoms with Gasteiger partial charge in [-0.3, -0.25) is 4.79 Å². The molecule has 3 N–H and O–H groups in total. The van der Waals surface area contributed by atoms with E-state index in [1.54, 1.807) is 0 Å². The first-order valence-corrected chi connectivity index (χ1v) is 9.92. The second-order valence-corrected chi connectivity index (χ2v) is 7.60. The normalized spacial score (nSPS) is 17.7. The second-order valence-electron chi connectivity index (χ2n) is 7.60. The summed E-state index contributed by atoms with van der Waals surface area (Å²) in [6, 6.07) is 21.0. The lowest BCUT2D eigenvalue weighted by molar-refractivity contribution is 0.618. The SMILES string of the molecule is CNCc1ccc([C@H]2Nc3cc(F)cc4c(=O)[nH]nc(c34)[C@@H]2c2ccccc2)cc1. The van der Waals surface area contributed by atoms with Crippen molar-refractivity contribution in [3.05, 3.63) is 105 Å². The van der Waals surface area contributed by atoms with Crippen molar-refractivity contribution < 1.29 is 4.39 Å². The Hall–Kier alpha value is -3.51. The average Bonchev–Trinajstić information content (AvgIpc) is 2.77. The van der Waals surface area contributed by atoms with Crippen molar-refractivity contribution in [3.63, 3.8) is 0 Å². The topological polar surface area (TPSA) is 69.8 Å². The smallest absolute Gasteiger partial charge is 0.272 e. The van der Waals surface area contributed by atoms with Gasteiger partial charge in [0.15, 0.2) is 0 Å². The highest BCUT2D eigenvalue weighted by Crippen LogP contribution is 2.46. The molecule has 0 saturated carbocycles.